The molecule has 5 heterocycles. The number of aromatic amines is 1. The number of piperazine rings is 1. The predicted molar refractivity (Wildman–Crippen MR) is 170 cm³/mol. The van der Waals surface area contributed by atoms with Crippen LogP contribution in [-0.4, -0.2) is 85.7 Å². The molecule has 0 radical (unpaired) electrons. The number of nitrogens with two attached hydrogens (primary N) is 1. The second kappa shape index (κ2) is 10.6. The second-order valence-electron chi connectivity index (χ2n) is 12.9. The van der Waals surface area contributed by atoms with Gasteiger partial charge in [0.2, 0.25) is 0 Å². The van der Waals surface area contributed by atoms with E-state index in [2.05, 4.69) is 67.7 Å². The summed E-state index contributed by atoms with van der Waals surface area (Å²) in [6.45, 7) is 7.36. The number of likely N-dealkylation sites (tertiary alicyclic amines) is 1. The molecule has 3 aliphatic carbocycles. The van der Waals surface area contributed by atoms with Crippen LogP contribution in [0.3, 0.4) is 0 Å². The molecule has 0 aromatic carbocycles. The van der Waals surface area contributed by atoms with Crippen LogP contribution in [-0.2, 0) is 20.0 Å². The fourth-order valence-electron chi connectivity index (χ4n) is 7.24. The predicted octanol–water partition coefficient (Wildman–Crippen LogP) is 2.23. The van der Waals surface area contributed by atoms with Crippen molar-refractivity contribution in [3.05, 3.63) is 75.5 Å². The van der Waals surface area contributed by atoms with Crippen molar-refractivity contribution in [2.75, 3.05) is 46.3 Å². The Balaban J connectivity index is 1.18. The number of H-pyrrole nitrogens is 1. The SMILES string of the molecule is CN1CCN(C2=CC=C(N)Cc3[nH]c(-c4nn(C)c5c4=CC(c4cncc(CN6CCCCC6)c4)=C[C@@H]4CC=54)nc32)CC1. The van der Waals surface area contributed by atoms with Crippen LogP contribution in [0.5, 0.6) is 0 Å². The Labute approximate surface area is 252 Å². The van der Waals surface area contributed by atoms with E-state index in [0.29, 0.717) is 12.3 Å². The lowest BCUT2D eigenvalue weighted by atomic mass is 10.0. The second-order valence-corrected chi connectivity index (χ2v) is 12.9. The average molecular weight is 576 g/mol. The van der Waals surface area contributed by atoms with Crippen molar-refractivity contribution in [1.29, 1.82) is 0 Å². The smallest absolute Gasteiger partial charge is 0.159 e. The number of nitrogens with one attached hydrogen (secondary N) is 1. The van der Waals surface area contributed by atoms with Crippen molar-refractivity contribution in [1.82, 2.24) is 39.4 Å². The van der Waals surface area contributed by atoms with Gasteiger partial charge in [-0.25, -0.2) is 4.98 Å². The Hall–Kier alpha value is -3.95. The first kappa shape index (κ1) is 26.7. The van der Waals surface area contributed by atoms with Gasteiger partial charge in [0.15, 0.2) is 5.82 Å². The van der Waals surface area contributed by atoms with E-state index >= 15 is 0 Å². The highest BCUT2D eigenvalue weighted by atomic mass is 15.3. The molecule has 1 atom stereocenters. The van der Waals surface area contributed by atoms with Crippen molar-refractivity contribution in [2.45, 2.75) is 38.6 Å². The number of fused-ring (bicyclic) bond motifs is 3. The average Bonchev–Trinajstić information content (AvgIpc) is 3.61. The number of hydrogen-bond donors (Lipinski definition) is 2. The molecule has 9 heteroatoms. The minimum absolute atomic E-state index is 0.450. The molecule has 2 saturated heterocycles. The molecule has 0 bridgehead atoms. The molecule has 2 aliphatic heterocycles. The Bertz CT molecular complexity index is 1790. The molecule has 3 N–H and O–H groups in total. The van der Waals surface area contributed by atoms with E-state index in [1.807, 2.05) is 18.5 Å². The molecule has 5 aliphatic rings. The molecular formula is C34H41N9. The Morgan fingerprint density at radius 3 is 2.65 bits per heavy atom. The summed E-state index contributed by atoms with van der Waals surface area (Å²) in [5, 5.41) is 7.44. The standard InChI is InChI=1S/C34H41N9/c1-40-10-12-43(13-11-40)30-7-6-26(35)18-29-32(30)38-34(37-29)31-28-16-23(15-24-17-27(24)33(28)41(2)39-31)25-14-22(19-36-20-25)21-42-8-4-3-5-9-42/h6-7,14-16,19-20,24H,3-5,8-13,17-18,21,35H2,1-2H3,(H,37,38)/t24-/m1/s1. The fourth-order valence-corrected chi connectivity index (χ4v) is 7.24. The summed E-state index contributed by atoms with van der Waals surface area (Å²) in [5.74, 6) is 1.26. The van der Waals surface area contributed by atoms with E-state index in [0.717, 1.165) is 78.7 Å². The first-order valence-electron chi connectivity index (χ1n) is 15.9. The van der Waals surface area contributed by atoms with Crippen LogP contribution in [0.4, 0.5) is 0 Å². The number of nitrogens with zero attached hydrogens (tertiary/aromatic N) is 7. The summed E-state index contributed by atoms with van der Waals surface area (Å²) in [4.78, 5) is 21.0. The topological polar surface area (TPSA) is 95.1 Å². The maximum atomic E-state index is 6.42. The molecule has 43 heavy (non-hydrogen) atoms. The lowest BCUT2D eigenvalue weighted by Gasteiger charge is -2.35. The van der Waals surface area contributed by atoms with E-state index in [9.17, 15) is 0 Å². The summed E-state index contributed by atoms with van der Waals surface area (Å²) in [6.07, 6.45) is 18.7. The number of aryl methyl sites for hydroxylation is 1. The van der Waals surface area contributed by atoms with Crippen LogP contribution < -0.4 is 16.3 Å². The minimum Gasteiger partial charge on any atom is -0.402 e. The lowest BCUT2D eigenvalue weighted by Crippen LogP contribution is -2.43. The zero-order valence-electron chi connectivity index (χ0n) is 25.3. The van der Waals surface area contributed by atoms with Gasteiger partial charge in [-0.05, 0) is 80.4 Å². The molecule has 1 saturated carbocycles. The summed E-state index contributed by atoms with van der Waals surface area (Å²) in [6, 6.07) is 2.34. The summed E-state index contributed by atoms with van der Waals surface area (Å²) in [5.41, 5.74) is 16.5. The summed E-state index contributed by atoms with van der Waals surface area (Å²) < 4.78 is 2.05. The number of pyridine rings is 1. The van der Waals surface area contributed by atoms with Gasteiger partial charge in [0.05, 0.1) is 16.7 Å². The number of imidazole rings is 1. The molecule has 0 spiro atoms. The highest BCUT2D eigenvalue weighted by molar-refractivity contribution is 5.93. The zero-order chi connectivity index (χ0) is 29.1. The van der Waals surface area contributed by atoms with Gasteiger partial charge < -0.3 is 20.5 Å². The Morgan fingerprint density at radius 1 is 0.977 bits per heavy atom. The van der Waals surface area contributed by atoms with E-state index in [-0.39, 0.29) is 0 Å². The van der Waals surface area contributed by atoms with Gasteiger partial charge in [-0.15, -0.1) is 0 Å². The van der Waals surface area contributed by atoms with Crippen LogP contribution in [0, 0.1) is 5.92 Å². The first-order chi connectivity index (χ1) is 21.0. The highest BCUT2D eigenvalue weighted by Gasteiger charge is 2.33. The highest BCUT2D eigenvalue weighted by Crippen LogP contribution is 2.42. The van der Waals surface area contributed by atoms with Crippen LogP contribution in [0.25, 0.3) is 34.4 Å². The quantitative estimate of drug-likeness (QED) is 0.482. The van der Waals surface area contributed by atoms with Crippen LogP contribution in [0.1, 0.15) is 48.2 Å². The van der Waals surface area contributed by atoms with Crippen molar-refractivity contribution in [2.24, 2.45) is 18.7 Å². The normalized spacial score (nSPS) is 22.4. The van der Waals surface area contributed by atoms with Crippen molar-refractivity contribution in [3.63, 3.8) is 0 Å². The van der Waals surface area contributed by atoms with Crippen molar-refractivity contribution >= 4 is 22.9 Å². The van der Waals surface area contributed by atoms with Crippen LogP contribution in [0.2, 0.25) is 0 Å². The van der Waals surface area contributed by atoms with Gasteiger partial charge in [0.1, 0.15) is 11.4 Å². The van der Waals surface area contributed by atoms with Crippen molar-refractivity contribution < 1.29 is 0 Å². The number of hydrogen-bond acceptors (Lipinski definition) is 7. The maximum absolute atomic E-state index is 6.42. The van der Waals surface area contributed by atoms with Gasteiger partial charge in [-0.3, -0.25) is 14.6 Å². The van der Waals surface area contributed by atoms with Gasteiger partial charge >= 0.3 is 0 Å². The van der Waals surface area contributed by atoms with Gasteiger partial charge in [0.25, 0.3) is 0 Å². The molecule has 222 valence electrons. The molecule has 0 amide bonds. The minimum atomic E-state index is 0.450. The van der Waals surface area contributed by atoms with Gasteiger partial charge in [-0.1, -0.05) is 12.5 Å². The number of likely N-dealkylation sites (N-methyl/N-ethyl adjacent to an activating group) is 1. The molecule has 3 fully saturated rings. The third-order valence-corrected chi connectivity index (χ3v) is 9.70. The molecule has 0 unspecified atom stereocenters. The van der Waals surface area contributed by atoms with Crippen molar-refractivity contribution in [3.8, 4) is 11.5 Å². The van der Waals surface area contributed by atoms with Gasteiger partial charge in [0, 0.05) is 81.0 Å². The molecular weight excluding hydrogens is 534 g/mol. The van der Waals surface area contributed by atoms with E-state index < -0.39 is 0 Å². The number of allylic oxidation sites excluding steroid dienone is 5. The maximum Gasteiger partial charge on any atom is 0.159 e. The third kappa shape index (κ3) is 5.04. The Kier molecular flexibility index (Phi) is 6.60. The van der Waals surface area contributed by atoms with Gasteiger partial charge in [-0.2, -0.15) is 5.10 Å². The van der Waals surface area contributed by atoms with E-state index in [4.69, 9.17) is 15.8 Å². The molecule has 9 nitrogen and oxygen atoms in total. The summed E-state index contributed by atoms with van der Waals surface area (Å²) >= 11 is 0. The number of aromatic nitrogens is 5. The first-order valence-corrected chi connectivity index (χ1v) is 15.9. The molecule has 3 aromatic heterocycles. The largest absolute Gasteiger partial charge is 0.402 e. The molecule has 3 aromatic rings. The van der Waals surface area contributed by atoms with Crippen LogP contribution >= 0.6 is 0 Å². The third-order valence-electron chi connectivity index (χ3n) is 9.70. The molecule has 8 rings (SSSR count). The van der Waals surface area contributed by atoms with Crippen LogP contribution in [0.15, 0.2) is 42.4 Å². The number of piperidine rings is 1. The lowest BCUT2D eigenvalue weighted by molar-refractivity contribution is 0.207. The number of rotatable bonds is 5. The monoisotopic (exact) mass is 575 g/mol. The summed E-state index contributed by atoms with van der Waals surface area (Å²) in [7, 11) is 4.25. The Morgan fingerprint density at radius 2 is 1.81 bits per heavy atom. The zero-order valence-corrected chi connectivity index (χ0v) is 25.3. The van der Waals surface area contributed by atoms with E-state index in [1.165, 1.54) is 60.0 Å². The fraction of sp³-hybridized carbons (Fsp3) is 0.441. The van der Waals surface area contributed by atoms with E-state index in [1.54, 1.807) is 0 Å².